The summed E-state index contributed by atoms with van der Waals surface area (Å²) in [7, 11) is 1.72. The van der Waals surface area contributed by atoms with Gasteiger partial charge in [-0.05, 0) is 30.2 Å². The summed E-state index contributed by atoms with van der Waals surface area (Å²) in [5.41, 5.74) is 6.74. The van der Waals surface area contributed by atoms with Crippen LogP contribution in [0.3, 0.4) is 0 Å². The van der Waals surface area contributed by atoms with Crippen molar-refractivity contribution in [3.05, 3.63) is 82.8 Å². The van der Waals surface area contributed by atoms with Gasteiger partial charge in [-0.1, -0.05) is 36.9 Å². The maximum absolute atomic E-state index is 13.9. The van der Waals surface area contributed by atoms with Crippen LogP contribution in [0.2, 0.25) is 0 Å². The molecular weight excluding hydrogens is 377 g/mol. The lowest BCUT2D eigenvalue weighted by Gasteiger charge is -2.44. The number of nitrogens with two attached hydrogens (primary N) is 1. The Morgan fingerprint density at radius 3 is 2.41 bits per heavy atom. The molecule has 4 nitrogen and oxygen atoms in total. The number of likely N-dealkylation sites (N-methyl/N-ethyl adjacent to an activating group) is 1. The molecule has 1 heterocycles. The van der Waals surface area contributed by atoms with Crippen LogP contribution in [0.5, 0.6) is 0 Å². The molecule has 0 radical (unpaired) electrons. The van der Waals surface area contributed by atoms with Crippen molar-refractivity contribution in [1.29, 1.82) is 5.26 Å². The third-order valence-electron chi connectivity index (χ3n) is 5.44. The second-order valence-electron chi connectivity index (χ2n) is 7.42. The molecule has 0 amide bonds. The molecule has 0 aliphatic carbocycles. The number of hydrogen-bond acceptors (Lipinski definition) is 4. The summed E-state index contributed by atoms with van der Waals surface area (Å²) in [4.78, 5) is 6.26. The Hall–Kier alpha value is -3.27. The SMILES string of the molecule is C=C1[C@@H](c2ccc(C(C)(F)F)cc2)[C@@](C)(c2ccc(F)c(C#N)c2)N=C(N)N1C. The number of aliphatic imine (C=N–C) groups is 1. The summed E-state index contributed by atoms with van der Waals surface area (Å²) < 4.78 is 41.1. The van der Waals surface area contributed by atoms with Gasteiger partial charge in [0.05, 0.1) is 17.0 Å². The number of halogens is 3. The molecule has 29 heavy (non-hydrogen) atoms. The Kier molecular flexibility index (Phi) is 4.91. The monoisotopic (exact) mass is 398 g/mol. The van der Waals surface area contributed by atoms with Gasteiger partial charge in [0.2, 0.25) is 0 Å². The second kappa shape index (κ2) is 6.96. The molecule has 0 bridgehead atoms. The lowest BCUT2D eigenvalue weighted by molar-refractivity contribution is 0.0174. The number of nitrogens with zero attached hydrogens (tertiary/aromatic N) is 3. The Bertz CT molecular complexity index is 1030. The van der Waals surface area contributed by atoms with Gasteiger partial charge in [0, 0.05) is 25.2 Å². The highest BCUT2D eigenvalue weighted by molar-refractivity contribution is 5.82. The fraction of sp³-hybridized carbons (Fsp3) is 0.273. The second-order valence-corrected chi connectivity index (χ2v) is 7.42. The van der Waals surface area contributed by atoms with Crippen molar-refractivity contribution in [3.8, 4) is 6.07 Å². The smallest absolute Gasteiger partial charge is 0.270 e. The minimum absolute atomic E-state index is 0.103. The quantitative estimate of drug-likeness (QED) is 0.823. The zero-order chi connectivity index (χ0) is 21.6. The molecule has 0 fully saturated rings. The molecule has 2 N–H and O–H groups in total. The van der Waals surface area contributed by atoms with Crippen LogP contribution in [-0.2, 0) is 11.5 Å². The van der Waals surface area contributed by atoms with Crippen molar-refractivity contribution in [1.82, 2.24) is 4.90 Å². The summed E-state index contributed by atoms with van der Waals surface area (Å²) >= 11 is 0. The van der Waals surface area contributed by atoms with Gasteiger partial charge in [-0.2, -0.15) is 5.26 Å². The van der Waals surface area contributed by atoms with Gasteiger partial charge in [0.15, 0.2) is 5.96 Å². The van der Waals surface area contributed by atoms with Crippen LogP contribution in [0.4, 0.5) is 13.2 Å². The van der Waals surface area contributed by atoms with Crippen LogP contribution in [-0.4, -0.2) is 17.9 Å². The molecule has 150 valence electrons. The van der Waals surface area contributed by atoms with Crippen molar-refractivity contribution in [2.24, 2.45) is 10.7 Å². The highest BCUT2D eigenvalue weighted by atomic mass is 19.3. The van der Waals surface area contributed by atoms with Gasteiger partial charge < -0.3 is 10.6 Å². The molecule has 0 saturated carbocycles. The van der Waals surface area contributed by atoms with Crippen LogP contribution >= 0.6 is 0 Å². The predicted molar refractivity (Wildman–Crippen MR) is 106 cm³/mol. The summed E-state index contributed by atoms with van der Waals surface area (Å²) in [6.07, 6.45) is 0. The van der Waals surface area contributed by atoms with Crippen molar-refractivity contribution in [3.63, 3.8) is 0 Å². The van der Waals surface area contributed by atoms with E-state index in [1.165, 1.54) is 24.3 Å². The van der Waals surface area contributed by atoms with E-state index in [1.807, 2.05) is 6.07 Å². The molecule has 0 saturated heterocycles. The average molecular weight is 398 g/mol. The lowest BCUT2D eigenvalue weighted by Crippen LogP contribution is -2.47. The third-order valence-corrected chi connectivity index (χ3v) is 5.44. The fourth-order valence-corrected chi connectivity index (χ4v) is 3.68. The predicted octanol–water partition coefficient (Wildman–Crippen LogP) is 4.58. The first-order chi connectivity index (χ1) is 13.5. The fourth-order valence-electron chi connectivity index (χ4n) is 3.68. The van der Waals surface area contributed by atoms with E-state index in [9.17, 15) is 18.4 Å². The zero-order valence-electron chi connectivity index (χ0n) is 16.4. The summed E-state index contributed by atoms with van der Waals surface area (Å²) in [6, 6.07) is 12.0. The van der Waals surface area contributed by atoms with E-state index in [-0.39, 0.29) is 17.1 Å². The molecule has 0 unspecified atom stereocenters. The molecule has 3 rings (SSSR count). The van der Waals surface area contributed by atoms with E-state index >= 15 is 0 Å². The molecule has 2 aromatic carbocycles. The third kappa shape index (κ3) is 3.46. The van der Waals surface area contributed by atoms with Crippen molar-refractivity contribution < 1.29 is 13.2 Å². The highest BCUT2D eigenvalue weighted by Gasteiger charge is 2.44. The summed E-state index contributed by atoms with van der Waals surface area (Å²) in [6.45, 7) is 6.78. The van der Waals surface area contributed by atoms with Gasteiger partial charge in [-0.15, -0.1) is 0 Å². The van der Waals surface area contributed by atoms with E-state index in [2.05, 4.69) is 11.6 Å². The molecule has 2 aromatic rings. The summed E-state index contributed by atoms with van der Waals surface area (Å²) in [5.74, 6) is -3.83. The number of nitriles is 1. The molecule has 0 spiro atoms. The Morgan fingerprint density at radius 1 is 1.24 bits per heavy atom. The van der Waals surface area contributed by atoms with E-state index in [0.29, 0.717) is 16.8 Å². The molecule has 1 aliphatic heterocycles. The largest absolute Gasteiger partial charge is 0.370 e. The number of alkyl halides is 2. The van der Waals surface area contributed by atoms with Crippen molar-refractivity contribution >= 4 is 5.96 Å². The molecule has 7 heteroatoms. The Labute approximate surface area is 167 Å². The van der Waals surface area contributed by atoms with Crippen molar-refractivity contribution in [2.45, 2.75) is 31.2 Å². The first-order valence-electron chi connectivity index (χ1n) is 8.95. The number of guanidine groups is 1. The van der Waals surface area contributed by atoms with Gasteiger partial charge in [-0.3, -0.25) is 0 Å². The van der Waals surface area contributed by atoms with E-state index in [4.69, 9.17) is 5.73 Å². The van der Waals surface area contributed by atoms with E-state index < -0.39 is 23.2 Å². The van der Waals surface area contributed by atoms with Gasteiger partial charge in [0.1, 0.15) is 11.9 Å². The first kappa shape index (κ1) is 20.5. The van der Waals surface area contributed by atoms with Gasteiger partial charge in [-0.25, -0.2) is 18.2 Å². The molecule has 2 atom stereocenters. The minimum Gasteiger partial charge on any atom is -0.370 e. The Balaban J connectivity index is 2.19. The topological polar surface area (TPSA) is 65.4 Å². The maximum atomic E-state index is 13.9. The van der Waals surface area contributed by atoms with Crippen LogP contribution < -0.4 is 5.73 Å². The number of rotatable bonds is 3. The minimum atomic E-state index is -2.95. The van der Waals surface area contributed by atoms with Crippen molar-refractivity contribution in [2.75, 3.05) is 7.05 Å². The molecular formula is C22H21F3N4. The van der Waals surface area contributed by atoms with Crippen LogP contribution in [0, 0.1) is 17.1 Å². The number of benzene rings is 2. The van der Waals surface area contributed by atoms with Gasteiger partial charge >= 0.3 is 0 Å². The van der Waals surface area contributed by atoms with E-state index in [1.54, 1.807) is 37.1 Å². The van der Waals surface area contributed by atoms with Gasteiger partial charge in [0.25, 0.3) is 5.92 Å². The Morgan fingerprint density at radius 2 is 1.86 bits per heavy atom. The maximum Gasteiger partial charge on any atom is 0.270 e. The van der Waals surface area contributed by atoms with Crippen LogP contribution in [0.1, 0.15) is 42.0 Å². The van der Waals surface area contributed by atoms with Crippen LogP contribution in [0.15, 0.2) is 59.7 Å². The normalized spacial score (nSPS) is 22.2. The lowest BCUT2D eigenvalue weighted by atomic mass is 9.73. The first-order valence-corrected chi connectivity index (χ1v) is 8.95. The molecule has 0 aromatic heterocycles. The van der Waals surface area contributed by atoms with Crippen LogP contribution in [0.25, 0.3) is 0 Å². The molecule has 1 aliphatic rings. The number of hydrogen-bond donors (Lipinski definition) is 1. The summed E-state index contributed by atoms with van der Waals surface area (Å²) in [5, 5.41) is 9.21. The van der Waals surface area contributed by atoms with E-state index in [0.717, 1.165) is 6.92 Å². The standard InChI is InChI=1S/C22H21F3N4/c1-13-19(14-5-7-16(8-6-14)22(3,24)25)21(2,28-20(27)29(13)4)17-9-10-18(23)15(11-17)12-26/h5-11,19H,1H2,2-4H3,(H2,27,28)/t19-,21+/m0/s1. The zero-order valence-corrected chi connectivity index (χ0v) is 16.4. The average Bonchev–Trinajstić information content (AvgIpc) is 2.66. The highest BCUT2D eigenvalue weighted by Crippen LogP contribution is 2.48.